The Bertz CT molecular complexity index is 675. The molecule has 2 saturated heterocycles. The zero-order valence-corrected chi connectivity index (χ0v) is 16.2. The summed E-state index contributed by atoms with van der Waals surface area (Å²) in [4.78, 5) is 20.6. The molecule has 1 saturated carbocycles. The third-order valence-electron chi connectivity index (χ3n) is 6.22. The van der Waals surface area contributed by atoms with Crippen molar-refractivity contribution in [3.05, 3.63) is 24.0 Å². The van der Waals surface area contributed by atoms with E-state index in [1.165, 1.54) is 0 Å². The molecule has 3 aliphatic rings. The van der Waals surface area contributed by atoms with Crippen LogP contribution in [0.25, 0.3) is 0 Å². The van der Waals surface area contributed by atoms with Crippen LogP contribution >= 0.6 is 0 Å². The van der Waals surface area contributed by atoms with Crippen molar-refractivity contribution in [3.8, 4) is 0 Å². The van der Waals surface area contributed by atoms with E-state index in [1.54, 1.807) is 19.0 Å². The summed E-state index contributed by atoms with van der Waals surface area (Å²) in [5.41, 5.74) is 0.790. The van der Waals surface area contributed by atoms with Crippen LogP contribution in [0, 0.1) is 5.92 Å². The van der Waals surface area contributed by atoms with Crippen LogP contribution in [-0.4, -0.2) is 67.1 Å². The second-order valence-electron chi connectivity index (χ2n) is 8.21. The quantitative estimate of drug-likeness (QED) is 0.863. The Morgan fingerprint density at radius 2 is 1.93 bits per heavy atom. The number of hydrogen-bond acceptors (Lipinski definition) is 6. The SMILES string of the molecule is CN(C)C(=O)[C@H]1CCN(c2ccc(C3(O)CCC4(CC3)OCCO4)nc2)C1. The summed E-state index contributed by atoms with van der Waals surface area (Å²) in [5.74, 6) is -0.260. The summed E-state index contributed by atoms with van der Waals surface area (Å²) in [5, 5.41) is 11.1. The van der Waals surface area contributed by atoms with Gasteiger partial charge in [-0.25, -0.2) is 0 Å². The Hall–Kier alpha value is -1.70. The van der Waals surface area contributed by atoms with Crippen molar-refractivity contribution in [1.29, 1.82) is 0 Å². The van der Waals surface area contributed by atoms with E-state index in [0.717, 1.165) is 25.2 Å². The first-order valence-electron chi connectivity index (χ1n) is 9.84. The van der Waals surface area contributed by atoms with E-state index in [0.29, 0.717) is 44.6 Å². The molecule has 1 atom stereocenters. The van der Waals surface area contributed by atoms with Crippen LogP contribution in [0.4, 0.5) is 5.69 Å². The normalized spacial score (nSPS) is 26.5. The summed E-state index contributed by atoms with van der Waals surface area (Å²) in [6.45, 7) is 2.85. The second kappa shape index (κ2) is 7.04. The minimum Gasteiger partial charge on any atom is -0.384 e. The minimum atomic E-state index is -0.923. The van der Waals surface area contributed by atoms with E-state index in [4.69, 9.17) is 9.47 Å². The molecule has 1 N–H and O–H groups in total. The molecule has 0 unspecified atom stereocenters. The lowest BCUT2D eigenvalue weighted by atomic mass is 9.79. The lowest BCUT2D eigenvalue weighted by Crippen LogP contribution is -2.42. The van der Waals surface area contributed by atoms with Gasteiger partial charge >= 0.3 is 0 Å². The van der Waals surface area contributed by atoms with Crippen molar-refractivity contribution in [2.75, 3.05) is 45.3 Å². The fraction of sp³-hybridized carbons (Fsp3) is 0.700. The van der Waals surface area contributed by atoms with Crippen LogP contribution in [0.1, 0.15) is 37.8 Å². The van der Waals surface area contributed by atoms with E-state index in [-0.39, 0.29) is 11.8 Å². The van der Waals surface area contributed by atoms with Crippen molar-refractivity contribution >= 4 is 11.6 Å². The lowest BCUT2D eigenvalue weighted by molar-refractivity contribution is -0.204. The van der Waals surface area contributed by atoms with Gasteiger partial charge in [-0.3, -0.25) is 9.78 Å². The molecule has 0 bridgehead atoms. The molecule has 0 radical (unpaired) electrons. The summed E-state index contributed by atoms with van der Waals surface area (Å²) in [6, 6.07) is 3.93. The Balaban J connectivity index is 1.40. The maximum Gasteiger partial charge on any atom is 0.227 e. The predicted molar refractivity (Wildman–Crippen MR) is 100 cm³/mol. The topological polar surface area (TPSA) is 75.1 Å². The highest BCUT2D eigenvalue weighted by Crippen LogP contribution is 2.44. The highest BCUT2D eigenvalue weighted by atomic mass is 16.7. The molecule has 1 aliphatic carbocycles. The summed E-state index contributed by atoms with van der Waals surface area (Å²) in [7, 11) is 3.61. The summed E-state index contributed by atoms with van der Waals surface area (Å²) >= 11 is 0. The number of rotatable bonds is 3. The molecule has 1 aromatic rings. The van der Waals surface area contributed by atoms with E-state index in [9.17, 15) is 9.90 Å². The van der Waals surface area contributed by atoms with Crippen LogP contribution in [0.3, 0.4) is 0 Å². The number of aromatic nitrogens is 1. The van der Waals surface area contributed by atoms with Crippen molar-refractivity contribution in [3.63, 3.8) is 0 Å². The second-order valence-corrected chi connectivity index (χ2v) is 8.21. The Kier molecular flexibility index (Phi) is 4.86. The number of amides is 1. The first-order chi connectivity index (χ1) is 12.9. The van der Waals surface area contributed by atoms with Gasteiger partial charge in [0.25, 0.3) is 0 Å². The molecule has 3 heterocycles. The highest BCUT2D eigenvalue weighted by molar-refractivity contribution is 5.79. The molecule has 27 heavy (non-hydrogen) atoms. The molecule has 148 valence electrons. The van der Waals surface area contributed by atoms with Gasteiger partial charge in [0.2, 0.25) is 5.91 Å². The first-order valence-corrected chi connectivity index (χ1v) is 9.84. The largest absolute Gasteiger partial charge is 0.384 e. The van der Waals surface area contributed by atoms with Gasteiger partial charge in [-0.05, 0) is 31.4 Å². The third kappa shape index (κ3) is 3.56. The molecule has 3 fully saturated rings. The zero-order valence-electron chi connectivity index (χ0n) is 16.2. The number of pyridine rings is 1. The third-order valence-corrected chi connectivity index (χ3v) is 6.22. The monoisotopic (exact) mass is 375 g/mol. The molecule has 2 aliphatic heterocycles. The van der Waals surface area contributed by atoms with Gasteiger partial charge < -0.3 is 24.4 Å². The van der Waals surface area contributed by atoms with Gasteiger partial charge in [0.1, 0.15) is 5.60 Å². The summed E-state index contributed by atoms with van der Waals surface area (Å²) < 4.78 is 11.5. The smallest absolute Gasteiger partial charge is 0.227 e. The number of hydrogen-bond donors (Lipinski definition) is 1. The van der Waals surface area contributed by atoms with Crippen molar-refractivity contribution < 1.29 is 19.4 Å². The fourth-order valence-corrected chi connectivity index (χ4v) is 4.50. The fourth-order valence-electron chi connectivity index (χ4n) is 4.50. The average Bonchev–Trinajstić information content (AvgIpc) is 3.34. The molecule has 1 amide bonds. The average molecular weight is 375 g/mol. The van der Waals surface area contributed by atoms with Crippen LogP contribution in [0.2, 0.25) is 0 Å². The van der Waals surface area contributed by atoms with Gasteiger partial charge in [0.05, 0.1) is 36.7 Å². The molecule has 0 aromatic carbocycles. The maximum absolute atomic E-state index is 12.2. The van der Waals surface area contributed by atoms with Crippen LogP contribution in [-0.2, 0) is 19.9 Å². The van der Waals surface area contributed by atoms with E-state index >= 15 is 0 Å². The molecule has 7 nitrogen and oxygen atoms in total. The minimum absolute atomic E-state index is 0.0461. The van der Waals surface area contributed by atoms with Crippen LogP contribution in [0.15, 0.2) is 18.3 Å². The number of ether oxygens (including phenoxy) is 2. The van der Waals surface area contributed by atoms with Crippen LogP contribution < -0.4 is 4.90 Å². The van der Waals surface area contributed by atoms with Gasteiger partial charge in [-0.2, -0.15) is 0 Å². The van der Waals surface area contributed by atoms with Crippen molar-refractivity contribution in [1.82, 2.24) is 9.88 Å². The number of carbonyl (C=O) groups excluding carboxylic acids is 1. The van der Waals surface area contributed by atoms with Gasteiger partial charge in [-0.15, -0.1) is 0 Å². The van der Waals surface area contributed by atoms with Crippen molar-refractivity contribution in [2.45, 2.75) is 43.5 Å². The van der Waals surface area contributed by atoms with Gasteiger partial charge in [0, 0.05) is 40.0 Å². The Labute approximate surface area is 160 Å². The number of anilines is 1. The number of nitrogens with zero attached hydrogens (tertiary/aromatic N) is 3. The van der Waals surface area contributed by atoms with Gasteiger partial charge in [0.15, 0.2) is 5.79 Å². The van der Waals surface area contributed by atoms with Gasteiger partial charge in [-0.1, -0.05) is 0 Å². The predicted octanol–water partition coefficient (Wildman–Crippen LogP) is 1.50. The van der Waals surface area contributed by atoms with E-state index in [2.05, 4.69) is 9.88 Å². The standard InChI is InChI=1S/C20H29N3O4/c1-22(2)18(24)15-5-10-23(14-15)16-3-4-17(21-13-16)19(25)6-8-20(9-7-19)26-11-12-27-20/h3-4,13,15,25H,5-12,14H2,1-2H3/t15-/m0/s1. The molecule has 4 rings (SSSR count). The number of carbonyl (C=O) groups is 1. The zero-order chi connectivity index (χ0) is 19.1. The molecule has 7 heteroatoms. The van der Waals surface area contributed by atoms with E-state index < -0.39 is 11.4 Å². The lowest BCUT2D eigenvalue weighted by Gasteiger charge is -2.40. The van der Waals surface area contributed by atoms with Crippen LogP contribution in [0.5, 0.6) is 0 Å². The Morgan fingerprint density at radius 1 is 1.22 bits per heavy atom. The van der Waals surface area contributed by atoms with Crippen molar-refractivity contribution in [2.24, 2.45) is 5.92 Å². The highest BCUT2D eigenvalue weighted by Gasteiger charge is 2.46. The van der Waals surface area contributed by atoms with E-state index in [1.807, 2.05) is 18.3 Å². The molecule has 1 spiro atoms. The molecular formula is C20H29N3O4. The maximum atomic E-state index is 12.2. The summed E-state index contributed by atoms with van der Waals surface area (Å²) in [6.07, 6.45) is 5.24. The molecule has 1 aromatic heterocycles. The number of aliphatic hydroxyl groups is 1. The molecular weight excluding hydrogens is 346 g/mol. The Morgan fingerprint density at radius 3 is 2.52 bits per heavy atom. The first kappa shape index (κ1) is 18.7.